The van der Waals surface area contributed by atoms with Gasteiger partial charge in [-0.05, 0) is 18.2 Å². The zero-order valence-electron chi connectivity index (χ0n) is 17.2. The normalized spacial score (nSPS) is 11.2. The maximum Gasteiger partial charge on any atom is 0.331 e. The summed E-state index contributed by atoms with van der Waals surface area (Å²) in [6, 6.07) is 3.35. The third-order valence-electron chi connectivity index (χ3n) is 4.35. The first-order chi connectivity index (χ1) is 15.5. The Labute approximate surface area is 191 Å². The van der Waals surface area contributed by atoms with Gasteiger partial charge in [0, 0.05) is 23.2 Å². The molecule has 0 aliphatic rings. The van der Waals surface area contributed by atoms with Crippen LogP contribution in [0.2, 0.25) is 5.15 Å². The van der Waals surface area contributed by atoms with Gasteiger partial charge in [0.15, 0.2) is 28.2 Å². The van der Waals surface area contributed by atoms with E-state index in [2.05, 4.69) is 15.2 Å². The molecule has 166 valence electrons. The molecule has 0 aliphatic carbocycles. The smallest absolute Gasteiger partial charge is 0.331 e. The highest BCUT2D eigenvalue weighted by Gasteiger charge is 2.18. The molecule has 4 aromatic rings. The number of aromatic nitrogens is 4. The molecular weight excluding hydrogens is 460 g/mol. The molecular formula is C20H17ClN4O6S. The van der Waals surface area contributed by atoms with Crippen molar-refractivity contribution in [3.8, 4) is 28.7 Å². The summed E-state index contributed by atoms with van der Waals surface area (Å²) in [5, 5.41) is 10.1. The van der Waals surface area contributed by atoms with E-state index in [-0.39, 0.29) is 18.4 Å². The van der Waals surface area contributed by atoms with Gasteiger partial charge < -0.3 is 23.4 Å². The van der Waals surface area contributed by atoms with E-state index in [1.807, 2.05) is 11.6 Å². The van der Waals surface area contributed by atoms with E-state index >= 15 is 0 Å². The number of carbonyl (C=O) groups is 1. The number of benzene rings is 1. The van der Waals surface area contributed by atoms with Crippen LogP contribution in [0.5, 0.6) is 17.2 Å². The fourth-order valence-electron chi connectivity index (χ4n) is 2.89. The highest BCUT2D eigenvalue weighted by atomic mass is 35.5. The molecule has 10 nitrogen and oxygen atoms in total. The number of rotatable bonds is 8. The molecule has 3 aromatic heterocycles. The first kappa shape index (κ1) is 21.7. The maximum absolute atomic E-state index is 12.1. The van der Waals surface area contributed by atoms with Crippen LogP contribution < -0.4 is 14.2 Å². The first-order valence-corrected chi connectivity index (χ1v) is 10.4. The molecule has 0 aliphatic heterocycles. The van der Waals surface area contributed by atoms with Crippen molar-refractivity contribution in [3.05, 3.63) is 46.5 Å². The summed E-state index contributed by atoms with van der Waals surface area (Å²) < 4.78 is 28.5. The van der Waals surface area contributed by atoms with Crippen molar-refractivity contribution in [3.63, 3.8) is 0 Å². The van der Waals surface area contributed by atoms with Crippen LogP contribution in [0.25, 0.3) is 22.5 Å². The third-order valence-corrected chi connectivity index (χ3v) is 5.38. The number of nitrogens with zero attached hydrogens (tertiary/aromatic N) is 4. The van der Waals surface area contributed by atoms with Gasteiger partial charge in [0.2, 0.25) is 11.6 Å². The summed E-state index contributed by atoms with van der Waals surface area (Å²) in [4.78, 5) is 17.0. The van der Waals surface area contributed by atoms with Crippen molar-refractivity contribution >= 4 is 39.9 Å². The number of ether oxygens (including phenoxy) is 4. The second kappa shape index (κ2) is 9.28. The van der Waals surface area contributed by atoms with E-state index in [4.69, 9.17) is 35.0 Å². The molecule has 0 radical (unpaired) electrons. The van der Waals surface area contributed by atoms with E-state index < -0.39 is 5.97 Å². The Morgan fingerprint density at radius 3 is 2.62 bits per heavy atom. The molecule has 0 atom stereocenters. The molecule has 0 saturated carbocycles. The van der Waals surface area contributed by atoms with Crippen LogP contribution in [0.1, 0.15) is 11.6 Å². The first-order valence-electron chi connectivity index (χ1n) is 9.12. The SMILES string of the molecule is COc1cc(-c2nnc(COC(=O)/C=C\c3c(Cl)nc4sccn34)o2)cc(OC)c1OC. The van der Waals surface area contributed by atoms with Crippen LogP contribution in [0.15, 0.2) is 34.2 Å². The molecule has 12 heteroatoms. The molecule has 0 bridgehead atoms. The number of hydrogen-bond acceptors (Lipinski definition) is 10. The van der Waals surface area contributed by atoms with Crippen LogP contribution in [-0.2, 0) is 16.1 Å². The number of fused-ring (bicyclic) bond motifs is 1. The monoisotopic (exact) mass is 476 g/mol. The predicted octanol–water partition coefficient (Wildman–Crippen LogP) is 3.88. The number of halogens is 1. The Bertz CT molecular complexity index is 1270. The molecule has 0 saturated heterocycles. The summed E-state index contributed by atoms with van der Waals surface area (Å²) in [6.07, 6.45) is 4.60. The second-order valence-electron chi connectivity index (χ2n) is 6.20. The Hall–Kier alpha value is -3.57. The van der Waals surface area contributed by atoms with Gasteiger partial charge in [0.05, 0.1) is 27.0 Å². The fourth-order valence-corrected chi connectivity index (χ4v) is 3.89. The number of carbonyl (C=O) groups excluding carboxylic acids is 1. The minimum Gasteiger partial charge on any atom is -0.493 e. The number of hydrogen-bond donors (Lipinski definition) is 0. The lowest BCUT2D eigenvalue weighted by molar-refractivity contribution is -0.139. The van der Waals surface area contributed by atoms with E-state index in [9.17, 15) is 4.79 Å². The lowest BCUT2D eigenvalue weighted by Gasteiger charge is -2.12. The van der Waals surface area contributed by atoms with Gasteiger partial charge in [-0.25, -0.2) is 9.78 Å². The Kier molecular flexibility index (Phi) is 6.28. The van der Waals surface area contributed by atoms with E-state index in [1.165, 1.54) is 44.8 Å². The molecule has 3 heterocycles. The van der Waals surface area contributed by atoms with Crippen molar-refractivity contribution in [1.82, 2.24) is 19.6 Å². The average molecular weight is 477 g/mol. The lowest BCUT2D eigenvalue weighted by atomic mass is 10.2. The van der Waals surface area contributed by atoms with Gasteiger partial charge in [-0.1, -0.05) is 11.6 Å². The minimum atomic E-state index is -0.598. The van der Waals surface area contributed by atoms with Crippen molar-refractivity contribution in [2.75, 3.05) is 21.3 Å². The lowest BCUT2D eigenvalue weighted by Crippen LogP contribution is -2.01. The highest BCUT2D eigenvalue weighted by Crippen LogP contribution is 2.40. The van der Waals surface area contributed by atoms with Crippen LogP contribution in [0.3, 0.4) is 0 Å². The Morgan fingerprint density at radius 1 is 1.19 bits per heavy atom. The Balaban J connectivity index is 1.44. The molecule has 0 fully saturated rings. The van der Waals surface area contributed by atoms with Crippen molar-refractivity contribution in [2.45, 2.75) is 6.61 Å². The number of thiazole rings is 1. The zero-order valence-corrected chi connectivity index (χ0v) is 18.8. The van der Waals surface area contributed by atoms with Gasteiger partial charge >= 0.3 is 5.97 Å². The molecule has 0 amide bonds. The molecule has 4 rings (SSSR count). The summed E-state index contributed by atoms with van der Waals surface area (Å²) >= 11 is 7.54. The van der Waals surface area contributed by atoms with Crippen LogP contribution in [-0.4, -0.2) is 46.9 Å². The van der Waals surface area contributed by atoms with Crippen molar-refractivity contribution in [2.24, 2.45) is 0 Å². The standard InChI is InChI=1S/C20H17ClN4O6S/c1-27-13-8-11(9-14(28-2)17(13)29-3)19-24-23-15(31-19)10-30-16(26)5-4-12-18(21)22-20-25(12)6-7-32-20/h4-9H,10H2,1-3H3/b5-4-. The molecule has 0 unspecified atom stereocenters. The number of methoxy groups -OCH3 is 3. The van der Waals surface area contributed by atoms with E-state index in [0.717, 1.165) is 4.96 Å². The van der Waals surface area contributed by atoms with Gasteiger partial charge in [-0.15, -0.1) is 21.5 Å². The number of imidazole rings is 1. The van der Waals surface area contributed by atoms with Crippen molar-refractivity contribution in [1.29, 1.82) is 0 Å². The molecule has 0 N–H and O–H groups in total. The van der Waals surface area contributed by atoms with Crippen molar-refractivity contribution < 1.29 is 28.2 Å². The van der Waals surface area contributed by atoms with Crippen LogP contribution in [0.4, 0.5) is 0 Å². The second-order valence-corrected chi connectivity index (χ2v) is 7.43. The summed E-state index contributed by atoms with van der Waals surface area (Å²) in [5.41, 5.74) is 1.14. The van der Waals surface area contributed by atoms with E-state index in [1.54, 1.807) is 16.5 Å². The van der Waals surface area contributed by atoms with Gasteiger partial charge in [0.1, 0.15) is 0 Å². The molecule has 1 aromatic carbocycles. The molecule has 0 spiro atoms. The van der Waals surface area contributed by atoms with Gasteiger partial charge in [0.25, 0.3) is 5.89 Å². The predicted molar refractivity (Wildman–Crippen MR) is 116 cm³/mol. The van der Waals surface area contributed by atoms with Gasteiger partial charge in [-0.2, -0.15) is 0 Å². The van der Waals surface area contributed by atoms with Crippen LogP contribution >= 0.6 is 22.9 Å². The highest BCUT2D eigenvalue weighted by molar-refractivity contribution is 7.15. The quantitative estimate of drug-likeness (QED) is 0.276. The average Bonchev–Trinajstić information content (AvgIpc) is 3.52. The van der Waals surface area contributed by atoms with Crippen LogP contribution in [0, 0.1) is 0 Å². The summed E-state index contributed by atoms with van der Waals surface area (Å²) in [7, 11) is 4.53. The summed E-state index contributed by atoms with van der Waals surface area (Å²) in [5.74, 6) is 1.05. The Morgan fingerprint density at radius 2 is 1.94 bits per heavy atom. The summed E-state index contributed by atoms with van der Waals surface area (Å²) in [6.45, 7) is -0.200. The fraction of sp³-hybridized carbons (Fsp3) is 0.200. The van der Waals surface area contributed by atoms with E-state index in [0.29, 0.717) is 33.7 Å². The molecule has 32 heavy (non-hydrogen) atoms. The van der Waals surface area contributed by atoms with Gasteiger partial charge in [-0.3, -0.25) is 4.40 Å². The third kappa shape index (κ3) is 4.25. The zero-order chi connectivity index (χ0) is 22.7. The largest absolute Gasteiger partial charge is 0.493 e. The number of esters is 1. The minimum absolute atomic E-state index is 0.123. The topological polar surface area (TPSA) is 110 Å². The maximum atomic E-state index is 12.1.